The molecule has 1 aliphatic carbocycles. The molecule has 2 aromatic heterocycles. The molecule has 1 aromatic carbocycles. The van der Waals surface area contributed by atoms with E-state index in [9.17, 15) is 4.79 Å². The Balaban J connectivity index is 1.42. The van der Waals surface area contributed by atoms with Gasteiger partial charge in [0.25, 0.3) is 0 Å². The number of rotatable bonds is 8. The van der Waals surface area contributed by atoms with E-state index in [0.29, 0.717) is 19.6 Å². The molecule has 1 atom stereocenters. The summed E-state index contributed by atoms with van der Waals surface area (Å²) in [7, 11) is 1.51. The third-order valence-electron chi connectivity index (χ3n) is 5.23. The van der Waals surface area contributed by atoms with Crippen LogP contribution in [0, 0.1) is 0 Å². The molecular formula is C25H24N2O4. The van der Waals surface area contributed by atoms with E-state index >= 15 is 0 Å². The third-order valence-corrected chi connectivity index (χ3v) is 5.23. The zero-order valence-corrected chi connectivity index (χ0v) is 17.6. The van der Waals surface area contributed by atoms with Crippen molar-refractivity contribution in [1.29, 1.82) is 0 Å². The molecule has 6 nitrogen and oxygen atoms in total. The molecule has 158 valence electrons. The van der Waals surface area contributed by atoms with Crippen molar-refractivity contribution in [2.75, 3.05) is 20.3 Å². The average molecular weight is 416 g/mol. The monoisotopic (exact) mass is 416 g/mol. The van der Waals surface area contributed by atoms with E-state index in [-0.39, 0.29) is 5.97 Å². The first kappa shape index (κ1) is 20.8. The quantitative estimate of drug-likeness (QED) is 0.403. The van der Waals surface area contributed by atoms with Crippen LogP contribution in [0.5, 0.6) is 5.75 Å². The lowest BCUT2D eigenvalue weighted by atomic mass is 10.1. The van der Waals surface area contributed by atoms with E-state index in [1.54, 1.807) is 19.3 Å². The minimum Gasteiger partial charge on any atom is -0.490 e. The van der Waals surface area contributed by atoms with E-state index in [1.807, 2.05) is 48.8 Å². The first-order valence-corrected chi connectivity index (χ1v) is 10.2. The molecule has 31 heavy (non-hydrogen) atoms. The molecule has 0 radical (unpaired) electrons. The van der Waals surface area contributed by atoms with Crippen LogP contribution in [0.4, 0.5) is 0 Å². The molecule has 4 rings (SSSR count). The van der Waals surface area contributed by atoms with Crippen molar-refractivity contribution < 1.29 is 19.0 Å². The summed E-state index contributed by atoms with van der Waals surface area (Å²) in [5, 5.41) is 0. The summed E-state index contributed by atoms with van der Waals surface area (Å²) >= 11 is 0. The maximum absolute atomic E-state index is 11.9. The molecule has 6 heteroatoms. The minimum atomic E-state index is -0.610. The highest BCUT2D eigenvalue weighted by Crippen LogP contribution is 2.42. The van der Waals surface area contributed by atoms with Crippen LogP contribution in [0.2, 0.25) is 0 Å². The normalized spacial score (nSPS) is 12.6. The summed E-state index contributed by atoms with van der Waals surface area (Å²) in [5.74, 6) is 0.402. The Hall–Kier alpha value is -3.51. The van der Waals surface area contributed by atoms with Crippen LogP contribution in [0.25, 0.3) is 16.7 Å². The predicted molar refractivity (Wildman–Crippen MR) is 118 cm³/mol. The van der Waals surface area contributed by atoms with Gasteiger partial charge in [-0.15, -0.1) is 0 Å². The van der Waals surface area contributed by atoms with Crippen LogP contribution < -0.4 is 4.74 Å². The van der Waals surface area contributed by atoms with Gasteiger partial charge in [-0.2, -0.15) is 0 Å². The number of hydrogen-bond acceptors (Lipinski definition) is 6. The SMILES string of the molecule is CCOC(=O)C(Cc1ccc(OCC=C2c3cnccc3-c3ccncc32)cc1)OC. The first-order valence-electron chi connectivity index (χ1n) is 10.2. The van der Waals surface area contributed by atoms with Crippen LogP contribution >= 0.6 is 0 Å². The van der Waals surface area contributed by atoms with Gasteiger partial charge in [0.15, 0.2) is 6.10 Å². The summed E-state index contributed by atoms with van der Waals surface area (Å²) in [5.41, 5.74) is 6.57. The van der Waals surface area contributed by atoms with Crippen LogP contribution in [0.3, 0.4) is 0 Å². The molecule has 0 saturated carbocycles. The fourth-order valence-electron chi connectivity index (χ4n) is 3.71. The lowest BCUT2D eigenvalue weighted by Gasteiger charge is -2.14. The van der Waals surface area contributed by atoms with Gasteiger partial charge >= 0.3 is 5.97 Å². The smallest absolute Gasteiger partial charge is 0.335 e. The zero-order chi connectivity index (χ0) is 21.6. The highest BCUT2D eigenvalue weighted by atomic mass is 16.6. The summed E-state index contributed by atoms with van der Waals surface area (Å²) in [6, 6.07) is 11.7. The van der Waals surface area contributed by atoms with Gasteiger partial charge in [-0.25, -0.2) is 4.79 Å². The molecule has 0 aliphatic heterocycles. The number of carbonyl (C=O) groups is 1. The van der Waals surface area contributed by atoms with Gasteiger partial charge in [0.2, 0.25) is 0 Å². The molecule has 0 saturated heterocycles. The standard InChI is InChI=1S/C25H24N2O4/c1-3-30-25(28)24(29-2)14-17-4-6-18(7-5-17)31-13-10-21-22-15-26-11-8-19(22)20-9-12-27-16-23(20)21/h4-12,15-16,24H,3,13-14H2,1-2H3. The summed E-state index contributed by atoms with van der Waals surface area (Å²) in [6.45, 7) is 2.53. The van der Waals surface area contributed by atoms with E-state index in [4.69, 9.17) is 14.2 Å². The second-order valence-electron chi connectivity index (χ2n) is 7.10. The molecule has 0 spiro atoms. The van der Waals surface area contributed by atoms with Gasteiger partial charge in [-0.05, 0) is 59.5 Å². The van der Waals surface area contributed by atoms with Crippen LogP contribution in [0.15, 0.2) is 67.3 Å². The Bertz CT molecular complexity index is 1050. The predicted octanol–water partition coefficient (Wildman–Crippen LogP) is 4.09. The lowest BCUT2D eigenvalue weighted by molar-refractivity contribution is -0.154. The lowest BCUT2D eigenvalue weighted by Crippen LogP contribution is -2.27. The molecule has 0 amide bonds. The maximum atomic E-state index is 11.9. The number of fused-ring (bicyclic) bond motifs is 3. The fourth-order valence-corrected chi connectivity index (χ4v) is 3.71. The molecule has 0 fully saturated rings. The molecule has 1 unspecified atom stereocenters. The Morgan fingerprint density at radius 2 is 1.61 bits per heavy atom. The first-order chi connectivity index (χ1) is 15.2. The van der Waals surface area contributed by atoms with E-state index in [1.165, 1.54) is 7.11 Å². The highest BCUT2D eigenvalue weighted by Gasteiger charge is 2.23. The number of aromatic nitrogens is 2. The second kappa shape index (κ2) is 9.53. The number of carbonyl (C=O) groups excluding carboxylic acids is 1. The maximum Gasteiger partial charge on any atom is 0.335 e. The van der Waals surface area contributed by atoms with Crippen molar-refractivity contribution in [2.24, 2.45) is 0 Å². The largest absolute Gasteiger partial charge is 0.490 e. The summed E-state index contributed by atoms with van der Waals surface area (Å²) in [4.78, 5) is 20.5. The van der Waals surface area contributed by atoms with Crippen molar-refractivity contribution in [3.8, 4) is 16.9 Å². The Kier molecular flexibility index (Phi) is 6.38. The fraction of sp³-hybridized carbons (Fsp3) is 0.240. The van der Waals surface area contributed by atoms with E-state index in [2.05, 4.69) is 16.0 Å². The van der Waals surface area contributed by atoms with Gasteiger partial charge in [-0.3, -0.25) is 9.97 Å². The number of esters is 1. The molecular weight excluding hydrogens is 392 g/mol. The number of methoxy groups -OCH3 is 1. The minimum absolute atomic E-state index is 0.335. The van der Waals surface area contributed by atoms with Gasteiger partial charge in [0.05, 0.1) is 6.61 Å². The van der Waals surface area contributed by atoms with Crippen LogP contribution in [-0.2, 0) is 20.7 Å². The number of benzene rings is 1. The molecule has 0 N–H and O–H groups in total. The molecule has 3 aromatic rings. The number of ether oxygens (including phenoxy) is 3. The molecule has 1 aliphatic rings. The number of hydrogen-bond donors (Lipinski definition) is 0. The molecule has 0 bridgehead atoms. The van der Waals surface area contributed by atoms with Gasteiger partial charge in [0, 0.05) is 49.4 Å². The van der Waals surface area contributed by atoms with E-state index < -0.39 is 6.10 Å². The topological polar surface area (TPSA) is 70.5 Å². The number of nitrogens with zero attached hydrogens (tertiary/aromatic N) is 2. The Morgan fingerprint density at radius 1 is 0.968 bits per heavy atom. The van der Waals surface area contributed by atoms with Crippen LogP contribution in [0.1, 0.15) is 23.6 Å². The van der Waals surface area contributed by atoms with Gasteiger partial charge < -0.3 is 14.2 Å². The van der Waals surface area contributed by atoms with Crippen molar-refractivity contribution in [3.05, 3.63) is 84.0 Å². The van der Waals surface area contributed by atoms with Gasteiger partial charge in [0.1, 0.15) is 12.4 Å². The Labute approximate surface area is 181 Å². The highest BCUT2D eigenvalue weighted by molar-refractivity contribution is 6.00. The molecule has 2 heterocycles. The third kappa shape index (κ3) is 4.49. The van der Waals surface area contributed by atoms with Crippen LogP contribution in [-0.4, -0.2) is 42.4 Å². The second-order valence-corrected chi connectivity index (χ2v) is 7.10. The van der Waals surface area contributed by atoms with E-state index in [0.717, 1.165) is 39.1 Å². The van der Waals surface area contributed by atoms with Gasteiger partial charge in [-0.1, -0.05) is 12.1 Å². The summed E-state index contributed by atoms with van der Waals surface area (Å²) < 4.78 is 16.2. The average Bonchev–Trinajstić information content (AvgIpc) is 3.12. The number of pyridine rings is 2. The van der Waals surface area contributed by atoms with Crippen molar-refractivity contribution in [3.63, 3.8) is 0 Å². The Morgan fingerprint density at radius 3 is 2.19 bits per heavy atom. The summed E-state index contributed by atoms with van der Waals surface area (Å²) in [6.07, 6.45) is 9.27. The van der Waals surface area contributed by atoms with Crippen molar-refractivity contribution in [1.82, 2.24) is 9.97 Å². The van der Waals surface area contributed by atoms with Crippen molar-refractivity contribution >= 4 is 11.5 Å². The van der Waals surface area contributed by atoms with Crippen molar-refractivity contribution in [2.45, 2.75) is 19.4 Å². The zero-order valence-electron chi connectivity index (χ0n) is 17.6.